The van der Waals surface area contributed by atoms with E-state index >= 15 is 0 Å². The minimum Gasteiger partial charge on any atom is -0.495 e. The predicted octanol–water partition coefficient (Wildman–Crippen LogP) is 4.58. The highest BCUT2D eigenvalue weighted by Gasteiger charge is 2.28. The summed E-state index contributed by atoms with van der Waals surface area (Å²) in [6.07, 6.45) is 0. The van der Waals surface area contributed by atoms with Crippen molar-refractivity contribution in [3.05, 3.63) is 83.9 Å². The summed E-state index contributed by atoms with van der Waals surface area (Å²) in [6.45, 7) is 4.77. The third-order valence-corrected chi connectivity index (χ3v) is 6.20. The van der Waals surface area contributed by atoms with Crippen LogP contribution in [0.4, 0.5) is 5.69 Å². The van der Waals surface area contributed by atoms with Crippen LogP contribution in [0.2, 0.25) is 0 Å². The lowest BCUT2D eigenvalue weighted by Crippen LogP contribution is -2.49. The summed E-state index contributed by atoms with van der Waals surface area (Å²) in [5.41, 5.74) is 5.09. The van der Waals surface area contributed by atoms with E-state index in [4.69, 9.17) is 4.74 Å². The van der Waals surface area contributed by atoms with Crippen molar-refractivity contribution in [3.8, 4) is 17.0 Å². The van der Waals surface area contributed by atoms with Gasteiger partial charge in [-0.05, 0) is 25.1 Å². The van der Waals surface area contributed by atoms with Gasteiger partial charge in [-0.2, -0.15) is 0 Å². The fourth-order valence-electron chi connectivity index (χ4n) is 4.38. The number of hydrogen-bond acceptors (Lipinski definition) is 5. The number of benzene rings is 3. The lowest BCUT2D eigenvalue weighted by Gasteiger charge is -2.37. The zero-order chi connectivity index (χ0) is 22.8. The number of methoxy groups -OCH3 is 1. The summed E-state index contributed by atoms with van der Waals surface area (Å²) in [6, 6.07) is 23.8. The van der Waals surface area contributed by atoms with Gasteiger partial charge >= 0.3 is 0 Å². The molecule has 0 bridgehead atoms. The first-order valence-electron chi connectivity index (χ1n) is 11.2. The average molecular weight is 439 g/mol. The molecule has 5 rings (SSSR count). The Morgan fingerprint density at radius 3 is 2.30 bits per heavy atom. The number of aryl methyl sites for hydroxylation is 1. The molecule has 2 heterocycles. The van der Waals surface area contributed by atoms with Crippen LogP contribution in [0, 0.1) is 6.92 Å². The standard InChI is InChI=1S/C27H26N4O2/c1-19-11-13-20(14-12-19)26-25(21-7-3-4-8-22(21)28-29-26)27(32)31-17-15-30(16-18-31)23-9-5-6-10-24(23)33-2/h3-14H,15-18H2,1-2H3. The molecule has 6 heteroatoms. The van der Waals surface area contributed by atoms with E-state index < -0.39 is 0 Å². The van der Waals surface area contributed by atoms with Crippen molar-refractivity contribution < 1.29 is 9.53 Å². The van der Waals surface area contributed by atoms with Crippen LogP contribution in [0.5, 0.6) is 5.75 Å². The number of carbonyl (C=O) groups excluding carboxylic acids is 1. The average Bonchev–Trinajstić information content (AvgIpc) is 2.88. The molecule has 0 unspecified atom stereocenters. The maximum Gasteiger partial charge on any atom is 0.256 e. The van der Waals surface area contributed by atoms with Crippen LogP contribution >= 0.6 is 0 Å². The molecule has 166 valence electrons. The Hall–Kier alpha value is -3.93. The van der Waals surface area contributed by atoms with E-state index in [0.29, 0.717) is 24.3 Å². The monoisotopic (exact) mass is 438 g/mol. The first kappa shape index (κ1) is 20.9. The molecule has 3 aromatic carbocycles. The molecule has 0 radical (unpaired) electrons. The SMILES string of the molecule is COc1ccccc1N1CCN(C(=O)c2c(-c3ccc(C)cc3)nnc3ccccc23)CC1. The summed E-state index contributed by atoms with van der Waals surface area (Å²) in [5, 5.41) is 9.71. The number of piperazine rings is 1. The fraction of sp³-hybridized carbons (Fsp3) is 0.222. The number of hydrogen-bond donors (Lipinski definition) is 0. The third kappa shape index (κ3) is 4.00. The first-order valence-corrected chi connectivity index (χ1v) is 11.2. The number of nitrogens with zero attached hydrogens (tertiary/aromatic N) is 4. The molecule has 0 saturated carbocycles. The number of aromatic nitrogens is 2. The quantitative estimate of drug-likeness (QED) is 0.467. The Labute approximate surface area is 193 Å². The lowest BCUT2D eigenvalue weighted by molar-refractivity contribution is 0.0749. The van der Waals surface area contributed by atoms with Gasteiger partial charge < -0.3 is 14.5 Å². The van der Waals surface area contributed by atoms with Crippen molar-refractivity contribution in [2.45, 2.75) is 6.92 Å². The normalized spacial score (nSPS) is 13.9. The predicted molar refractivity (Wildman–Crippen MR) is 131 cm³/mol. The van der Waals surface area contributed by atoms with Crippen molar-refractivity contribution in [1.29, 1.82) is 0 Å². The van der Waals surface area contributed by atoms with E-state index in [0.717, 1.165) is 46.6 Å². The van der Waals surface area contributed by atoms with Gasteiger partial charge in [0.15, 0.2) is 0 Å². The Kier molecular flexibility index (Phi) is 5.65. The minimum atomic E-state index is -0.00338. The van der Waals surface area contributed by atoms with E-state index in [9.17, 15) is 4.79 Å². The Morgan fingerprint density at radius 1 is 0.848 bits per heavy atom. The summed E-state index contributed by atoms with van der Waals surface area (Å²) < 4.78 is 5.53. The molecule has 4 aromatic rings. The van der Waals surface area contributed by atoms with Crippen LogP contribution in [0.3, 0.4) is 0 Å². The van der Waals surface area contributed by atoms with E-state index in [1.807, 2.05) is 78.6 Å². The van der Waals surface area contributed by atoms with Gasteiger partial charge in [0.05, 0.1) is 23.9 Å². The van der Waals surface area contributed by atoms with Gasteiger partial charge in [-0.1, -0.05) is 60.2 Å². The highest BCUT2D eigenvalue weighted by Crippen LogP contribution is 2.31. The maximum absolute atomic E-state index is 13.9. The molecular formula is C27H26N4O2. The lowest BCUT2D eigenvalue weighted by atomic mass is 9.99. The molecule has 0 atom stereocenters. The molecule has 33 heavy (non-hydrogen) atoms. The van der Waals surface area contributed by atoms with Gasteiger partial charge in [0, 0.05) is 37.1 Å². The Bertz CT molecular complexity index is 1300. The van der Waals surface area contributed by atoms with Gasteiger partial charge in [-0.25, -0.2) is 0 Å². The van der Waals surface area contributed by atoms with Gasteiger partial charge in [-0.3, -0.25) is 4.79 Å². The Morgan fingerprint density at radius 2 is 1.55 bits per heavy atom. The number of amides is 1. The molecule has 0 spiro atoms. The van der Waals surface area contributed by atoms with Crippen LogP contribution < -0.4 is 9.64 Å². The van der Waals surface area contributed by atoms with Gasteiger partial charge in [-0.15, -0.1) is 10.2 Å². The van der Waals surface area contributed by atoms with E-state index in [1.165, 1.54) is 0 Å². The minimum absolute atomic E-state index is 0.00338. The first-order chi connectivity index (χ1) is 16.2. The number of fused-ring (bicyclic) bond motifs is 1. The summed E-state index contributed by atoms with van der Waals surface area (Å²) in [7, 11) is 1.69. The number of carbonyl (C=O) groups is 1. The molecule has 1 aliphatic rings. The molecule has 0 N–H and O–H groups in total. The van der Waals surface area contributed by atoms with Crippen molar-refractivity contribution in [2.75, 3.05) is 38.2 Å². The highest BCUT2D eigenvalue weighted by molar-refractivity contribution is 6.10. The summed E-state index contributed by atoms with van der Waals surface area (Å²) in [4.78, 5) is 18.0. The molecule has 0 aliphatic carbocycles. The summed E-state index contributed by atoms with van der Waals surface area (Å²) in [5.74, 6) is 0.847. The van der Waals surface area contributed by atoms with Gasteiger partial charge in [0.25, 0.3) is 5.91 Å². The van der Waals surface area contributed by atoms with E-state index in [1.54, 1.807) is 7.11 Å². The second-order valence-corrected chi connectivity index (χ2v) is 8.26. The topological polar surface area (TPSA) is 58.6 Å². The third-order valence-electron chi connectivity index (χ3n) is 6.20. The van der Waals surface area contributed by atoms with Crippen LogP contribution in [-0.4, -0.2) is 54.3 Å². The zero-order valence-corrected chi connectivity index (χ0v) is 18.9. The largest absolute Gasteiger partial charge is 0.495 e. The van der Waals surface area contributed by atoms with Crippen molar-refractivity contribution in [2.24, 2.45) is 0 Å². The molecule has 1 fully saturated rings. The van der Waals surface area contributed by atoms with E-state index in [2.05, 4.69) is 21.2 Å². The maximum atomic E-state index is 13.9. The van der Waals surface area contributed by atoms with E-state index in [-0.39, 0.29) is 5.91 Å². The van der Waals surface area contributed by atoms with Crippen molar-refractivity contribution in [1.82, 2.24) is 15.1 Å². The smallest absolute Gasteiger partial charge is 0.256 e. The van der Waals surface area contributed by atoms with Crippen molar-refractivity contribution >= 4 is 22.5 Å². The van der Waals surface area contributed by atoms with Crippen molar-refractivity contribution in [3.63, 3.8) is 0 Å². The molecule has 1 aliphatic heterocycles. The highest BCUT2D eigenvalue weighted by atomic mass is 16.5. The van der Waals surface area contributed by atoms with Gasteiger partial charge in [0.1, 0.15) is 11.4 Å². The summed E-state index contributed by atoms with van der Waals surface area (Å²) >= 11 is 0. The number of para-hydroxylation sites is 2. The second-order valence-electron chi connectivity index (χ2n) is 8.26. The molecule has 1 aromatic heterocycles. The molecule has 6 nitrogen and oxygen atoms in total. The number of ether oxygens (including phenoxy) is 1. The van der Waals surface area contributed by atoms with Crippen LogP contribution in [0.15, 0.2) is 72.8 Å². The van der Waals surface area contributed by atoms with Gasteiger partial charge in [0.2, 0.25) is 0 Å². The number of rotatable bonds is 4. The number of anilines is 1. The second kappa shape index (κ2) is 8.90. The van der Waals surface area contributed by atoms with Crippen LogP contribution in [0.25, 0.3) is 22.2 Å². The molecule has 1 amide bonds. The van der Waals surface area contributed by atoms with Crippen LogP contribution in [0.1, 0.15) is 15.9 Å². The molecular weight excluding hydrogens is 412 g/mol. The van der Waals surface area contributed by atoms with Crippen LogP contribution in [-0.2, 0) is 0 Å². The molecule has 1 saturated heterocycles. The fourth-order valence-corrected chi connectivity index (χ4v) is 4.38. The zero-order valence-electron chi connectivity index (χ0n) is 18.9. The Balaban J connectivity index is 1.47.